The molecule has 0 saturated heterocycles. The topological polar surface area (TPSA) is 94.9 Å². The number of hydrogen-bond acceptors (Lipinski definition) is 5. The number of anilines is 1. The molecule has 0 radical (unpaired) electrons. The fraction of sp³-hybridized carbons (Fsp3) is 0.391. The summed E-state index contributed by atoms with van der Waals surface area (Å²) in [5, 5.41) is 22.1. The first kappa shape index (κ1) is 24.0. The lowest BCUT2D eigenvalue weighted by Crippen LogP contribution is -2.38. The van der Waals surface area contributed by atoms with Crippen LogP contribution in [0, 0.1) is 0 Å². The van der Waals surface area contributed by atoms with Crippen LogP contribution in [0.2, 0.25) is 5.02 Å². The summed E-state index contributed by atoms with van der Waals surface area (Å²) in [7, 11) is 0. The first-order valence-electron chi connectivity index (χ1n) is 10.4. The SMILES string of the molecule is CC(C)c1cc(NC(=O)N2CC=C(c3ncc([C@H](O)CO)cc3Cl)CC2)ccc1OCF. The molecule has 1 aliphatic rings. The van der Waals surface area contributed by atoms with Crippen LogP contribution in [-0.4, -0.2) is 52.7 Å². The van der Waals surface area contributed by atoms with Crippen LogP contribution in [-0.2, 0) is 0 Å². The van der Waals surface area contributed by atoms with Crippen molar-refractivity contribution in [2.24, 2.45) is 0 Å². The third-order valence-electron chi connectivity index (χ3n) is 5.31. The number of carbonyl (C=O) groups is 1. The molecule has 0 unspecified atom stereocenters. The van der Waals surface area contributed by atoms with Crippen molar-refractivity contribution in [2.45, 2.75) is 32.3 Å². The molecular weight excluding hydrogens is 437 g/mol. The van der Waals surface area contributed by atoms with Crippen molar-refractivity contribution in [3.63, 3.8) is 0 Å². The number of urea groups is 1. The Hall–Kier alpha value is -2.68. The zero-order valence-corrected chi connectivity index (χ0v) is 18.8. The van der Waals surface area contributed by atoms with Gasteiger partial charge in [-0.05, 0) is 47.7 Å². The number of hydrogen-bond donors (Lipinski definition) is 3. The molecule has 9 heteroatoms. The van der Waals surface area contributed by atoms with Gasteiger partial charge in [-0.15, -0.1) is 0 Å². The second-order valence-electron chi connectivity index (χ2n) is 7.81. The first-order valence-corrected chi connectivity index (χ1v) is 10.7. The Morgan fingerprint density at radius 3 is 2.75 bits per heavy atom. The molecule has 3 N–H and O–H groups in total. The fourth-order valence-electron chi connectivity index (χ4n) is 3.52. The van der Waals surface area contributed by atoms with Gasteiger partial charge >= 0.3 is 6.03 Å². The molecule has 32 heavy (non-hydrogen) atoms. The number of pyridine rings is 1. The van der Waals surface area contributed by atoms with Crippen LogP contribution in [0.3, 0.4) is 0 Å². The Bertz CT molecular complexity index is 999. The molecule has 0 saturated carbocycles. The number of amides is 2. The van der Waals surface area contributed by atoms with E-state index in [1.165, 1.54) is 6.20 Å². The second kappa shape index (κ2) is 10.8. The Labute approximate surface area is 191 Å². The normalized spacial score (nSPS) is 14.8. The van der Waals surface area contributed by atoms with Gasteiger partial charge in [0.1, 0.15) is 11.9 Å². The molecule has 2 amide bonds. The van der Waals surface area contributed by atoms with E-state index in [1.807, 2.05) is 19.9 Å². The summed E-state index contributed by atoms with van der Waals surface area (Å²) in [5.41, 5.74) is 3.39. The predicted octanol–water partition coefficient (Wildman–Crippen LogP) is 4.51. The number of alkyl halides is 1. The minimum Gasteiger partial charge on any atom is -0.463 e. The van der Waals surface area contributed by atoms with Crippen molar-refractivity contribution in [3.8, 4) is 5.75 Å². The first-order chi connectivity index (χ1) is 15.3. The summed E-state index contributed by atoms with van der Waals surface area (Å²) in [5.74, 6) is 0.573. The highest BCUT2D eigenvalue weighted by Gasteiger charge is 2.21. The number of nitrogens with zero attached hydrogens (tertiary/aromatic N) is 2. The maximum absolute atomic E-state index is 12.7. The van der Waals surface area contributed by atoms with Crippen LogP contribution in [0.5, 0.6) is 5.75 Å². The second-order valence-corrected chi connectivity index (χ2v) is 8.22. The van der Waals surface area contributed by atoms with E-state index in [9.17, 15) is 14.3 Å². The summed E-state index contributed by atoms with van der Waals surface area (Å²) in [6.07, 6.45) is 2.94. The zero-order valence-electron chi connectivity index (χ0n) is 18.0. The molecule has 1 aliphatic heterocycles. The highest BCUT2D eigenvalue weighted by molar-refractivity contribution is 6.32. The lowest BCUT2D eigenvalue weighted by atomic mass is 10.0. The largest absolute Gasteiger partial charge is 0.463 e. The number of aliphatic hydroxyl groups is 2. The summed E-state index contributed by atoms with van der Waals surface area (Å²) in [6.45, 7) is 3.50. The maximum atomic E-state index is 12.7. The van der Waals surface area contributed by atoms with E-state index in [0.717, 1.165) is 11.1 Å². The van der Waals surface area contributed by atoms with Gasteiger partial charge in [0, 0.05) is 30.5 Å². The lowest BCUT2D eigenvalue weighted by molar-refractivity contribution is 0.0953. The van der Waals surface area contributed by atoms with E-state index >= 15 is 0 Å². The molecule has 172 valence electrons. The van der Waals surface area contributed by atoms with Crippen LogP contribution < -0.4 is 10.1 Å². The number of carbonyl (C=O) groups excluding carboxylic acids is 1. The van der Waals surface area contributed by atoms with Gasteiger partial charge in [0.25, 0.3) is 0 Å². The predicted molar refractivity (Wildman–Crippen MR) is 122 cm³/mol. The molecule has 1 aromatic carbocycles. The van der Waals surface area contributed by atoms with E-state index in [2.05, 4.69) is 10.3 Å². The van der Waals surface area contributed by atoms with Crippen molar-refractivity contribution in [1.82, 2.24) is 9.88 Å². The van der Waals surface area contributed by atoms with Gasteiger partial charge in [-0.2, -0.15) is 0 Å². The van der Waals surface area contributed by atoms with E-state index in [4.69, 9.17) is 21.4 Å². The number of ether oxygens (including phenoxy) is 1. The summed E-state index contributed by atoms with van der Waals surface area (Å²) in [6, 6.07) is 6.49. The molecule has 0 fully saturated rings. The quantitative estimate of drug-likeness (QED) is 0.561. The van der Waals surface area contributed by atoms with Gasteiger partial charge in [-0.3, -0.25) is 4.98 Å². The average Bonchev–Trinajstić information content (AvgIpc) is 2.79. The number of nitrogens with one attached hydrogen (secondary N) is 1. The number of aliphatic hydroxyl groups excluding tert-OH is 2. The van der Waals surface area contributed by atoms with E-state index in [-0.39, 0.29) is 11.9 Å². The Balaban J connectivity index is 1.67. The molecule has 0 spiro atoms. The van der Waals surface area contributed by atoms with Crippen molar-refractivity contribution in [3.05, 3.63) is 58.4 Å². The standard InChI is InChI=1S/C23H27ClFN3O4/c1-14(2)18-10-17(3-4-21(18)32-13-25)27-23(31)28-7-5-15(6-8-28)22-19(24)9-16(11-26-22)20(30)12-29/h3-5,9-11,14,20,29-30H,6-8,12-13H2,1-2H3,(H,27,31)/t20-/m1/s1. The molecule has 2 heterocycles. The average molecular weight is 464 g/mol. The minimum atomic E-state index is -1.03. The summed E-state index contributed by atoms with van der Waals surface area (Å²) < 4.78 is 17.6. The molecule has 1 atom stereocenters. The molecular formula is C23H27ClFN3O4. The molecule has 2 aromatic rings. The van der Waals surface area contributed by atoms with Crippen molar-refractivity contribution in [2.75, 3.05) is 31.9 Å². The van der Waals surface area contributed by atoms with Crippen molar-refractivity contribution in [1.29, 1.82) is 0 Å². The van der Waals surface area contributed by atoms with Gasteiger partial charge in [0.2, 0.25) is 6.86 Å². The number of rotatable bonds is 7. The van der Waals surface area contributed by atoms with Gasteiger partial charge in [-0.25, -0.2) is 9.18 Å². The van der Waals surface area contributed by atoms with Crippen LogP contribution in [0.15, 0.2) is 36.5 Å². The number of aromatic nitrogens is 1. The monoisotopic (exact) mass is 463 g/mol. The highest BCUT2D eigenvalue weighted by Crippen LogP contribution is 2.31. The maximum Gasteiger partial charge on any atom is 0.322 e. The summed E-state index contributed by atoms with van der Waals surface area (Å²) >= 11 is 6.32. The fourth-order valence-corrected chi connectivity index (χ4v) is 3.81. The number of halogens is 2. The third kappa shape index (κ3) is 5.56. The third-order valence-corrected chi connectivity index (χ3v) is 5.60. The van der Waals surface area contributed by atoms with Gasteiger partial charge in [0.15, 0.2) is 0 Å². The van der Waals surface area contributed by atoms with Crippen LogP contribution in [0.25, 0.3) is 5.57 Å². The highest BCUT2D eigenvalue weighted by atomic mass is 35.5. The van der Waals surface area contributed by atoms with Gasteiger partial charge < -0.3 is 25.2 Å². The Kier molecular flexibility index (Phi) is 8.06. The van der Waals surface area contributed by atoms with Gasteiger partial charge in [-0.1, -0.05) is 31.5 Å². The molecule has 0 aliphatic carbocycles. The smallest absolute Gasteiger partial charge is 0.322 e. The van der Waals surface area contributed by atoms with Crippen LogP contribution in [0.1, 0.15) is 49.1 Å². The Morgan fingerprint density at radius 2 is 2.16 bits per heavy atom. The molecule has 3 rings (SSSR count). The number of benzene rings is 1. The van der Waals surface area contributed by atoms with E-state index in [1.54, 1.807) is 29.2 Å². The van der Waals surface area contributed by atoms with Crippen LogP contribution in [0.4, 0.5) is 14.9 Å². The Morgan fingerprint density at radius 1 is 1.38 bits per heavy atom. The van der Waals surface area contributed by atoms with E-state index < -0.39 is 19.6 Å². The zero-order chi connectivity index (χ0) is 23.3. The summed E-state index contributed by atoms with van der Waals surface area (Å²) in [4.78, 5) is 18.7. The van der Waals surface area contributed by atoms with Gasteiger partial charge in [0.05, 0.1) is 17.3 Å². The molecule has 1 aromatic heterocycles. The lowest BCUT2D eigenvalue weighted by Gasteiger charge is -2.27. The van der Waals surface area contributed by atoms with Crippen LogP contribution >= 0.6 is 11.6 Å². The molecule has 7 nitrogen and oxygen atoms in total. The van der Waals surface area contributed by atoms with Crippen molar-refractivity contribution >= 4 is 28.9 Å². The molecule has 0 bridgehead atoms. The van der Waals surface area contributed by atoms with Crippen molar-refractivity contribution < 1.29 is 24.1 Å². The minimum absolute atomic E-state index is 0.107. The van der Waals surface area contributed by atoms with E-state index in [0.29, 0.717) is 47.2 Å².